The van der Waals surface area contributed by atoms with Crippen LogP contribution < -0.4 is 15.4 Å². The molecule has 3 rings (SSSR count). The van der Waals surface area contributed by atoms with E-state index in [2.05, 4.69) is 20.8 Å². The number of carbonyl (C=O) groups excluding carboxylic acids is 1. The summed E-state index contributed by atoms with van der Waals surface area (Å²) in [6.45, 7) is 3.98. The molecule has 0 bridgehead atoms. The van der Waals surface area contributed by atoms with Crippen molar-refractivity contribution in [2.45, 2.75) is 20.3 Å². The molecule has 29 heavy (non-hydrogen) atoms. The molecule has 0 unspecified atom stereocenters. The summed E-state index contributed by atoms with van der Waals surface area (Å²) in [6.07, 6.45) is 0.729. The zero-order valence-electron chi connectivity index (χ0n) is 16.1. The van der Waals surface area contributed by atoms with E-state index in [0.717, 1.165) is 33.0 Å². The van der Waals surface area contributed by atoms with Crippen molar-refractivity contribution in [1.82, 2.24) is 10.2 Å². The average molecular weight is 413 g/mol. The minimum atomic E-state index is -0.435. The first-order chi connectivity index (χ1) is 13.9. The van der Waals surface area contributed by atoms with Crippen LogP contribution in [-0.4, -0.2) is 28.3 Å². The first-order valence-corrected chi connectivity index (χ1v) is 9.57. The molecule has 0 atom stereocenters. The van der Waals surface area contributed by atoms with Gasteiger partial charge in [-0.1, -0.05) is 6.92 Å². The second-order valence-electron chi connectivity index (χ2n) is 6.06. The van der Waals surface area contributed by atoms with Crippen molar-refractivity contribution in [3.8, 4) is 16.3 Å². The molecular weight excluding hydrogens is 394 g/mol. The van der Waals surface area contributed by atoms with Gasteiger partial charge in [0.25, 0.3) is 5.69 Å². The Labute approximate surface area is 170 Å². The predicted octanol–water partition coefficient (Wildman–Crippen LogP) is 4.64. The zero-order valence-corrected chi connectivity index (χ0v) is 16.9. The number of rotatable bonds is 6. The van der Waals surface area contributed by atoms with Crippen LogP contribution in [0.5, 0.6) is 5.88 Å². The van der Waals surface area contributed by atoms with E-state index >= 15 is 0 Å². The lowest BCUT2D eigenvalue weighted by molar-refractivity contribution is -0.384. The van der Waals surface area contributed by atoms with Crippen LogP contribution in [-0.2, 0) is 6.42 Å². The summed E-state index contributed by atoms with van der Waals surface area (Å²) in [5.74, 6) is 0.649. The van der Waals surface area contributed by atoms with Crippen molar-refractivity contribution < 1.29 is 14.5 Å². The third kappa shape index (κ3) is 4.49. The van der Waals surface area contributed by atoms with Gasteiger partial charge in [-0.15, -0.1) is 21.5 Å². The number of amides is 2. The molecule has 3 aromatic rings. The Balaban J connectivity index is 1.80. The lowest BCUT2D eigenvalue weighted by Gasteiger charge is -2.07. The number of benzene rings is 1. The molecule has 0 saturated heterocycles. The molecule has 0 spiro atoms. The van der Waals surface area contributed by atoms with Gasteiger partial charge in [-0.3, -0.25) is 20.7 Å². The van der Waals surface area contributed by atoms with Crippen LogP contribution in [0.25, 0.3) is 10.4 Å². The van der Waals surface area contributed by atoms with E-state index < -0.39 is 11.0 Å². The number of anilines is 2. The fraction of sp³-hybridized carbons (Fsp3) is 0.211. The van der Waals surface area contributed by atoms with Crippen molar-refractivity contribution in [3.63, 3.8) is 0 Å². The first-order valence-electron chi connectivity index (χ1n) is 8.75. The Kier molecular flexibility index (Phi) is 6.03. The van der Waals surface area contributed by atoms with Crippen molar-refractivity contribution in [3.05, 3.63) is 57.6 Å². The summed E-state index contributed by atoms with van der Waals surface area (Å²) in [6, 6.07) is 9.14. The number of ether oxygens (including phenoxy) is 1. The third-order valence-electron chi connectivity index (χ3n) is 4.28. The zero-order chi connectivity index (χ0) is 21.0. The maximum atomic E-state index is 12.4. The lowest BCUT2D eigenvalue weighted by atomic mass is 10.0. The first kappa shape index (κ1) is 20.2. The van der Waals surface area contributed by atoms with Gasteiger partial charge < -0.3 is 4.74 Å². The minimum absolute atomic E-state index is 0.0389. The number of hydrogen-bond acceptors (Lipinski definition) is 7. The summed E-state index contributed by atoms with van der Waals surface area (Å²) in [4.78, 5) is 23.8. The Hall–Kier alpha value is -3.53. The third-order valence-corrected chi connectivity index (χ3v) is 5.58. The molecule has 9 nitrogen and oxygen atoms in total. The van der Waals surface area contributed by atoms with Gasteiger partial charge in [0.05, 0.1) is 12.0 Å². The van der Waals surface area contributed by atoms with Crippen molar-refractivity contribution >= 4 is 33.9 Å². The molecule has 0 aliphatic heterocycles. The number of aromatic nitrogens is 2. The summed E-state index contributed by atoms with van der Waals surface area (Å²) in [5.41, 5.74) is 2.95. The molecule has 2 heterocycles. The second-order valence-corrected chi connectivity index (χ2v) is 7.08. The molecule has 0 radical (unpaired) electrons. The minimum Gasteiger partial charge on any atom is -0.480 e. The van der Waals surface area contributed by atoms with Crippen LogP contribution in [0.2, 0.25) is 0 Å². The quantitative estimate of drug-likeness (QED) is 0.449. The van der Waals surface area contributed by atoms with Crippen LogP contribution >= 0.6 is 11.3 Å². The average Bonchev–Trinajstić information content (AvgIpc) is 3.03. The fourth-order valence-corrected chi connectivity index (χ4v) is 4.13. The summed E-state index contributed by atoms with van der Waals surface area (Å²) < 4.78 is 4.94. The van der Waals surface area contributed by atoms with Crippen molar-refractivity contribution in [2.75, 3.05) is 17.7 Å². The van der Waals surface area contributed by atoms with Crippen LogP contribution in [0.1, 0.15) is 18.1 Å². The molecule has 150 valence electrons. The van der Waals surface area contributed by atoms with E-state index in [-0.39, 0.29) is 5.69 Å². The van der Waals surface area contributed by atoms with Gasteiger partial charge >= 0.3 is 6.03 Å². The monoisotopic (exact) mass is 413 g/mol. The Morgan fingerprint density at radius 3 is 2.45 bits per heavy atom. The molecule has 0 aliphatic carbocycles. The molecule has 0 saturated carbocycles. The van der Waals surface area contributed by atoms with Crippen molar-refractivity contribution in [2.24, 2.45) is 0 Å². The number of non-ortho nitro benzene ring substituents is 1. The number of nitro benzene ring substituents is 1. The SMILES string of the molecule is CCc1c(NC(=O)Nc2ccc(OC)nn2)sc(-c2ccc([N+](=O)[O-])cc2)c1C. The van der Waals surface area contributed by atoms with E-state index in [9.17, 15) is 14.9 Å². The second kappa shape index (κ2) is 8.65. The van der Waals surface area contributed by atoms with Gasteiger partial charge in [0.1, 0.15) is 5.00 Å². The maximum absolute atomic E-state index is 12.4. The normalized spacial score (nSPS) is 10.4. The number of nitrogens with zero attached hydrogens (tertiary/aromatic N) is 3. The van der Waals surface area contributed by atoms with Gasteiger partial charge in [0.2, 0.25) is 5.88 Å². The number of urea groups is 1. The fourth-order valence-electron chi connectivity index (χ4n) is 2.83. The Bertz CT molecular complexity index is 1030. The van der Waals surface area contributed by atoms with Gasteiger partial charge in [-0.05, 0) is 48.2 Å². The summed E-state index contributed by atoms with van der Waals surface area (Å²) >= 11 is 1.43. The van der Waals surface area contributed by atoms with Gasteiger partial charge in [-0.25, -0.2) is 4.79 Å². The number of carbonyl (C=O) groups is 1. The smallest absolute Gasteiger partial charge is 0.325 e. The predicted molar refractivity (Wildman–Crippen MR) is 112 cm³/mol. The summed E-state index contributed by atoms with van der Waals surface area (Å²) in [7, 11) is 1.48. The molecule has 0 fully saturated rings. The Morgan fingerprint density at radius 2 is 1.90 bits per heavy atom. The van der Waals surface area contributed by atoms with E-state index in [0.29, 0.717) is 11.7 Å². The van der Waals surface area contributed by atoms with Crippen LogP contribution in [0.3, 0.4) is 0 Å². The molecule has 0 aliphatic rings. The topological polar surface area (TPSA) is 119 Å². The van der Waals surface area contributed by atoms with Crippen LogP contribution in [0.15, 0.2) is 36.4 Å². The number of thiophene rings is 1. The molecule has 2 N–H and O–H groups in total. The maximum Gasteiger partial charge on any atom is 0.325 e. The van der Waals surface area contributed by atoms with E-state index in [1.165, 1.54) is 30.6 Å². The number of nitrogens with one attached hydrogen (secondary N) is 2. The highest BCUT2D eigenvalue weighted by molar-refractivity contribution is 7.20. The Morgan fingerprint density at radius 1 is 1.17 bits per heavy atom. The highest BCUT2D eigenvalue weighted by Gasteiger charge is 2.18. The molecule has 1 aromatic carbocycles. The van der Waals surface area contributed by atoms with E-state index in [1.54, 1.807) is 24.3 Å². The molecule has 2 aromatic heterocycles. The molecule has 2 amide bonds. The highest BCUT2D eigenvalue weighted by Crippen LogP contribution is 2.40. The molecule has 10 heteroatoms. The van der Waals surface area contributed by atoms with Crippen LogP contribution in [0.4, 0.5) is 21.3 Å². The van der Waals surface area contributed by atoms with Crippen molar-refractivity contribution in [1.29, 1.82) is 0 Å². The number of hydrogen-bond donors (Lipinski definition) is 2. The molecular formula is C19H19N5O4S. The largest absolute Gasteiger partial charge is 0.480 e. The van der Waals surface area contributed by atoms with Crippen LogP contribution in [0, 0.1) is 17.0 Å². The van der Waals surface area contributed by atoms with Gasteiger partial charge in [-0.2, -0.15) is 0 Å². The number of methoxy groups -OCH3 is 1. The van der Waals surface area contributed by atoms with Gasteiger partial charge in [0, 0.05) is 23.1 Å². The number of nitro groups is 1. The van der Waals surface area contributed by atoms with E-state index in [1.807, 2.05) is 13.8 Å². The lowest BCUT2D eigenvalue weighted by Crippen LogP contribution is -2.20. The van der Waals surface area contributed by atoms with Gasteiger partial charge in [0.15, 0.2) is 5.82 Å². The van der Waals surface area contributed by atoms with E-state index in [4.69, 9.17) is 4.74 Å². The highest BCUT2D eigenvalue weighted by atomic mass is 32.1. The summed E-state index contributed by atoms with van der Waals surface area (Å²) in [5, 5.41) is 24.8. The standard InChI is InChI=1S/C19H19N5O4S/c1-4-14-11(2)17(12-5-7-13(8-6-12)24(26)27)29-18(14)21-19(25)20-15-9-10-16(28-3)23-22-15/h5-10H,4H2,1-3H3,(H2,20,21,22,25).